The Labute approximate surface area is 127 Å². The molecule has 0 heterocycles. The molecule has 4 nitrogen and oxygen atoms in total. The first-order valence-electron chi connectivity index (χ1n) is 7.72. The fourth-order valence-electron chi connectivity index (χ4n) is 2.07. The fourth-order valence-corrected chi connectivity index (χ4v) is 2.07. The highest BCUT2D eigenvalue weighted by Crippen LogP contribution is 2.14. The maximum atomic E-state index is 11.6. The molecule has 0 aliphatic carbocycles. The van der Waals surface area contributed by atoms with Crippen LogP contribution in [0.15, 0.2) is 29.4 Å². The van der Waals surface area contributed by atoms with Crippen molar-refractivity contribution in [2.45, 2.75) is 51.9 Å². The number of methoxy groups -OCH3 is 1. The maximum Gasteiger partial charge on any atom is 0.240 e. The lowest BCUT2D eigenvalue weighted by Gasteiger charge is -2.03. The SMILES string of the molecule is CCCCCCCCC(=O)N/N=C/c1ccccc1OC. The van der Waals surface area contributed by atoms with Gasteiger partial charge in [0.2, 0.25) is 5.91 Å². The second-order valence-electron chi connectivity index (χ2n) is 5.05. The highest BCUT2D eigenvalue weighted by molar-refractivity contribution is 5.85. The zero-order valence-electron chi connectivity index (χ0n) is 13.1. The van der Waals surface area contributed by atoms with E-state index in [2.05, 4.69) is 17.5 Å². The predicted molar refractivity (Wildman–Crippen MR) is 86.7 cm³/mol. The monoisotopic (exact) mass is 290 g/mol. The number of hydrazone groups is 1. The molecule has 0 aliphatic heterocycles. The molecule has 0 radical (unpaired) electrons. The number of nitrogens with one attached hydrogen (secondary N) is 1. The van der Waals surface area contributed by atoms with Crippen LogP contribution in [0.4, 0.5) is 0 Å². The van der Waals surface area contributed by atoms with Crippen LogP contribution >= 0.6 is 0 Å². The van der Waals surface area contributed by atoms with Crippen molar-refractivity contribution in [3.8, 4) is 5.75 Å². The van der Waals surface area contributed by atoms with E-state index in [0.29, 0.717) is 6.42 Å². The zero-order valence-corrected chi connectivity index (χ0v) is 13.1. The quantitative estimate of drug-likeness (QED) is 0.404. The van der Waals surface area contributed by atoms with E-state index in [4.69, 9.17) is 4.74 Å². The number of nitrogens with zero attached hydrogens (tertiary/aromatic N) is 1. The first kappa shape index (κ1) is 17.2. The molecular formula is C17H26N2O2. The average molecular weight is 290 g/mol. The average Bonchev–Trinajstić information content (AvgIpc) is 2.51. The third-order valence-corrected chi connectivity index (χ3v) is 3.29. The van der Waals surface area contributed by atoms with Crippen molar-refractivity contribution in [1.82, 2.24) is 5.43 Å². The van der Waals surface area contributed by atoms with Crippen LogP contribution in [0.25, 0.3) is 0 Å². The summed E-state index contributed by atoms with van der Waals surface area (Å²) in [5.41, 5.74) is 3.41. The van der Waals surface area contributed by atoms with Gasteiger partial charge in [0.25, 0.3) is 0 Å². The number of benzene rings is 1. The molecule has 0 fully saturated rings. The van der Waals surface area contributed by atoms with Gasteiger partial charge in [-0.05, 0) is 18.6 Å². The van der Waals surface area contributed by atoms with Crippen LogP contribution in [-0.4, -0.2) is 19.2 Å². The van der Waals surface area contributed by atoms with Crippen molar-refractivity contribution in [3.05, 3.63) is 29.8 Å². The first-order valence-corrected chi connectivity index (χ1v) is 7.72. The molecule has 0 aromatic heterocycles. The van der Waals surface area contributed by atoms with Crippen molar-refractivity contribution in [2.24, 2.45) is 5.10 Å². The summed E-state index contributed by atoms with van der Waals surface area (Å²) in [6.07, 6.45) is 9.21. The van der Waals surface area contributed by atoms with Crippen molar-refractivity contribution >= 4 is 12.1 Å². The van der Waals surface area contributed by atoms with Gasteiger partial charge in [-0.3, -0.25) is 4.79 Å². The summed E-state index contributed by atoms with van der Waals surface area (Å²) < 4.78 is 5.21. The van der Waals surface area contributed by atoms with Gasteiger partial charge in [0.15, 0.2) is 0 Å². The zero-order chi connectivity index (χ0) is 15.3. The molecule has 0 saturated carbocycles. The van der Waals surface area contributed by atoms with Gasteiger partial charge < -0.3 is 4.74 Å². The highest BCUT2D eigenvalue weighted by Gasteiger charge is 2.00. The third-order valence-electron chi connectivity index (χ3n) is 3.29. The lowest BCUT2D eigenvalue weighted by Crippen LogP contribution is -2.16. The van der Waals surface area contributed by atoms with Gasteiger partial charge >= 0.3 is 0 Å². The Morgan fingerprint density at radius 2 is 1.90 bits per heavy atom. The third kappa shape index (κ3) is 7.49. The van der Waals surface area contributed by atoms with E-state index in [1.54, 1.807) is 13.3 Å². The molecule has 0 saturated heterocycles. The number of rotatable bonds is 10. The van der Waals surface area contributed by atoms with E-state index in [9.17, 15) is 4.79 Å². The molecule has 0 atom stereocenters. The number of hydrogen-bond acceptors (Lipinski definition) is 3. The molecule has 1 aromatic rings. The number of para-hydroxylation sites is 1. The highest BCUT2D eigenvalue weighted by atomic mass is 16.5. The van der Waals surface area contributed by atoms with E-state index in [0.717, 1.165) is 24.2 Å². The largest absolute Gasteiger partial charge is 0.496 e. The lowest BCUT2D eigenvalue weighted by atomic mass is 10.1. The molecule has 0 bridgehead atoms. The van der Waals surface area contributed by atoms with Gasteiger partial charge in [-0.25, -0.2) is 5.43 Å². The molecule has 0 aliphatic rings. The standard InChI is InChI=1S/C17H26N2O2/c1-3-4-5-6-7-8-13-17(20)19-18-14-15-11-9-10-12-16(15)21-2/h9-12,14H,3-8,13H2,1-2H3,(H,19,20)/b18-14+. The Morgan fingerprint density at radius 3 is 2.67 bits per heavy atom. The predicted octanol–water partition coefficient (Wildman–Crippen LogP) is 3.90. The summed E-state index contributed by atoms with van der Waals surface area (Å²) in [4.78, 5) is 11.6. The van der Waals surface area contributed by atoms with Crippen molar-refractivity contribution in [1.29, 1.82) is 0 Å². The lowest BCUT2D eigenvalue weighted by molar-refractivity contribution is -0.121. The van der Waals surface area contributed by atoms with Gasteiger partial charge in [0.05, 0.1) is 13.3 Å². The Kier molecular flexibility index (Phi) is 8.93. The van der Waals surface area contributed by atoms with Crippen molar-refractivity contribution in [2.75, 3.05) is 7.11 Å². The van der Waals surface area contributed by atoms with Crippen LogP contribution in [0.1, 0.15) is 57.4 Å². The summed E-state index contributed by atoms with van der Waals surface area (Å²) in [6, 6.07) is 7.55. The number of ether oxygens (including phenoxy) is 1. The van der Waals surface area contributed by atoms with Gasteiger partial charge in [0, 0.05) is 12.0 Å². The molecule has 116 valence electrons. The summed E-state index contributed by atoms with van der Waals surface area (Å²) in [6.45, 7) is 2.20. The van der Waals surface area contributed by atoms with Crippen LogP contribution in [0, 0.1) is 0 Å². The minimum Gasteiger partial charge on any atom is -0.496 e. The van der Waals surface area contributed by atoms with Crippen LogP contribution in [0.3, 0.4) is 0 Å². The van der Waals surface area contributed by atoms with E-state index >= 15 is 0 Å². The topological polar surface area (TPSA) is 50.7 Å². The Bertz CT molecular complexity index is 444. The fraction of sp³-hybridized carbons (Fsp3) is 0.529. The Balaban J connectivity index is 2.22. The number of unbranched alkanes of at least 4 members (excludes halogenated alkanes) is 5. The van der Waals surface area contributed by atoms with Crippen molar-refractivity contribution < 1.29 is 9.53 Å². The first-order chi connectivity index (χ1) is 10.3. The van der Waals surface area contributed by atoms with Crippen LogP contribution in [0.2, 0.25) is 0 Å². The maximum absolute atomic E-state index is 11.6. The second-order valence-corrected chi connectivity index (χ2v) is 5.05. The number of carbonyl (C=O) groups is 1. The van der Waals surface area contributed by atoms with E-state index in [1.165, 1.54) is 25.7 Å². The van der Waals surface area contributed by atoms with Gasteiger partial charge in [-0.2, -0.15) is 5.10 Å². The normalized spacial score (nSPS) is 10.8. The Hall–Kier alpha value is -1.84. The second kappa shape index (κ2) is 10.9. The summed E-state index contributed by atoms with van der Waals surface area (Å²) in [5, 5.41) is 3.97. The minimum atomic E-state index is -0.0309. The molecule has 21 heavy (non-hydrogen) atoms. The number of hydrogen-bond donors (Lipinski definition) is 1. The molecule has 0 unspecified atom stereocenters. The Morgan fingerprint density at radius 1 is 1.19 bits per heavy atom. The number of amides is 1. The van der Waals surface area contributed by atoms with Gasteiger partial charge in [-0.15, -0.1) is 0 Å². The molecule has 0 spiro atoms. The molecule has 1 aromatic carbocycles. The van der Waals surface area contributed by atoms with Gasteiger partial charge in [-0.1, -0.05) is 51.2 Å². The van der Waals surface area contributed by atoms with Crippen LogP contribution in [-0.2, 0) is 4.79 Å². The molecule has 4 heteroatoms. The van der Waals surface area contributed by atoms with Crippen LogP contribution < -0.4 is 10.2 Å². The van der Waals surface area contributed by atoms with E-state index in [1.807, 2.05) is 24.3 Å². The summed E-state index contributed by atoms with van der Waals surface area (Å²) in [7, 11) is 1.61. The number of carbonyl (C=O) groups excluding carboxylic acids is 1. The van der Waals surface area contributed by atoms with Gasteiger partial charge in [0.1, 0.15) is 5.75 Å². The molecule has 1 rings (SSSR count). The van der Waals surface area contributed by atoms with E-state index in [-0.39, 0.29) is 5.91 Å². The molecule has 1 amide bonds. The summed E-state index contributed by atoms with van der Waals surface area (Å²) in [5.74, 6) is 0.711. The summed E-state index contributed by atoms with van der Waals surface area (Å²) >= 11 is 0. The molecular weight excluding hydrogens is 264 g/mol. The van der Waals surface area contributed by atoms with Crippen LogP contribution in [0.5, 0.6) is 5.75 Å². The smallest absolute Gasteiger partial charge is 0.240 e. The minimum absolute atomic E-state index is 0.0309. The van der Waals surface area contributed by atoms with E-state index < -0.39 is 0 Å². The van der Waals surface area contributed by atoms with Crippen molar-refractivity contribution in [3.63, 3.8) is 0 Å². The molecule has 1 N–H and O–H groups in total.